The highest BCUT2D eigenvalue weighted by molar-refractivity contribution is 5.81. The first-order chi connectivity index (χ1) is 12.5. The third-order valence-corrected chi connectivity index (χ3v) is 4.97. The second-order valence-electron chi connectivity index (χ2n) is 7.23. The molecule has 1 aliphatic rings. The molecule has 0 bridgehead atoms. The van der Waals surface area contributed by atoms with Crippen LogP contribution in [0.5, 0.6) is 0 Å². The molecule has 7 nitrogen and oxygen atoms in total. The highest BCUT2D eigenvalue weighted by Crippen LogP contribution is 2.22. The SMILES string of the molecule is CCC(CC)c1cc(CNC(=NC)NC2CCN(C(=O)C(C)C)C2)on1. The van der Waals surface area contributed by atoms with Crippen molar-refractivity contribution < 1.29 is 9.32 Å². The first-order valence-electron chi connectivity index (χ1n) is 9.69. The van der Waals surface area contributed by atoms with E-state index in [0.29, 0.717) is 18.4 Å². The summed E-state index contributed by atoms with van der Waals surface area (Å²) in [6.45, 7) is 10.3. The molecule has 2 rings (SSSR count). The van der Waals surface area contributed by atoms with Crippen molar-refractivity contribution in [2.75, 3.05) is 20.1 Å². The van der Waals surface area contributed by atoms with Gasteiger partial charge in [0.2, 0.25) is 5.91 Å². The lowest BCUT2D eigenvalue weighted by molar-refractivity contribution is -0.133. The highest BCUT2D eigenvalue weighted by atomic mass is 16.5. The number of nitrogens with zero attached hydrogens (tertiary/aromatic N) is 3. The van der Waals surface area contributed by atoms with Gasteiger partial charge in [-0.3, -0.25) is 9.79 Å². The number of carbonyl (C=O) groups excluding carboxylic acids is 1. The van der Waals surface area contributed by atoms with Crippen LogP contribution in [0.3, 0.4) is 0 Å². The van der Waals surface area contributed by atoms with Gasteiger partial charge in [0.1, 0.15) is 0 Å². The fourth-order valence-electron chi connectivity index (χ4n) is 3.31. The van der Waals surface area contributed by atoms with Crippen LogP contribution in [0.4, 0.5) is 0 Å². The fraction of sp³-hybridized carbons (Fsp3) is 0.737. The molecule has 1 aromatic rings. The summed E-state index contributed by atoms with van der Waals surface area (Å²) in [5.74, 6) is 2.23. The number of amides is 1. The fourth-order valence-corrected chi connectivity index (χ4v) is 3.31. The molecule has 1 unspecified atom stereocenters. The number of aromatic nitrogens is 1. The molecule has 0 spiro atoms. The van der Waals surface area contributed by atoms with Gasteiger partial charge in [0, 0.05) is 44.1 Å². The Morgan fingerprint density at radius 1 is 1.42 bits per heavy atom. The minimum Gasteiger partial charge on any atom is -0.359 e. The van der Waals surface area contributed by atoms with Gasteiger partial charge in [-0.15, -0.1) is 0 Å². The summed E-state index contributed by atoms with van der Waals surface area (Å²) in [5.41, 5.74) is 1.02. The van der Waals surface area contributed by atoms with Crippen molar-refractivity contribution in [3.63, 3.8) is 0 Å². The van der Waals surface area contributed by atoms with Gasteiger partial charge in [0.15, 0.2) is 11.7 Å². The Labute approximate surface area is 156 Å². The van der Waals surface area contributed by atoms with Crippen LogP contribution in [0.1, 0.15) is 64.3 Å². The molecule has 0 aliphatic carbocycles. The molecular formula is C19H33N5O2. The minimum absolute atomic E-state index is 0.0434. The minimum atomic E-state index is 0.0434. The van der Waals surface area contributed by atoms with E-state index >= 15 is 0 Å². The lowest BCUT2D eigenvalue weighted by Gasteiger charge is -2.20. The zero-order chi connectivity index (χ0) is 19.1. The van der Waals surface area contributed by atoms with Gasteiger partial charge in [0.05, 0.1) is 12.2 Å². The second-order valence-corrected chi connectivity index (χ2v) is 7.23. The topological polar surface area (TPSA) is 82.8 Å². The predicted molar refractivity (Wildman–Crippen MR) is 103 cm³/mol. The molecule has 26 heavy (non-hydrogen) atoms. The molecule has 2 heterocycles. The third kappa shape index (κ3) is 5.22. The lowest BCUT2D eigenvalue weighted by atomic mass is 9.99. The molecule has 1 aromatic heterocycles. The molecular weight excluding hydrogens is 330 g/mol. The first-order valence-corrected chi connectivity index (χ1v) is 9.69. The van der Waals surface area contributed by atoms with E-state index in [9.17, 15) is 4.79 Å². The Morgan fingerprint density at radius 2 is 2.15 bits per heavy atom. The molecule has 1 amide bonds. The van der Waals surface area contributed by atoms with Gasteiger partial charge >= 0.3 is 0 Å². The molecule has 7 heteroatoms. The van der Waals surface area contributed by atoms with Crippen LogP contribution in [0, 0.1) is 5.92 Å². The van der Waals surface area contributed by atoms with Gasteiger partial charge in [0.25, 0.3) is 0 Å². The summed E-state index contributed by atoms with van der Waals surface area (Å²) in [7, 11) is 1.75. The molecule has 0 radical (unpaired) electrons. The lowest BCUT2D eigenvalue weighted by Crippen LogP contribution is -2.45. The Kier molecular flexibility index (Phi) is 7.48. The number of carbonyl (C=O) groups is 1. The standard InChI is InChI=1S/C19H33N5O2/c1-6-14(7-2)17-10-16(26-23-17)11-21-19(20-5)22-15-8-9-24(12-15)18(25)13(3)4/h10,13-15H,6-9,11-12H2,1-5H3,(H2,20,21,22). The van der Waals surface area contributed by atoms with Crippen LogP contribution in [0.15, 0.2) is 15.6 Å². The zero-order valence-corrected chi connectivity index (χ0v) is 16.7. The molecule has 2 N–H and O–H groups in total. The third-order valence-electron chi connectivity index (χ3n) is 4.97. The van der Waals surface area contributed by atoms with Gasteiger partial charge in [-0.05, 0) is 19.3 Å². The maximum Gasteiger partial charge on any atom is 0.225 e. The Balaban J connectivity index is 1.83. The van der Waals surface area contributed by atoms with Crippen LogP contribution in [-0.2, 0) is 11.3 Å². The van der Waals surface area contributed by atoms with Crippen molar-refractivity contribution in [2.45, 2.75) is 65.5 Å². The summed E-state index contributed by atoms with van der Waals surface area (Å²) in [5, 5.41) is 10.9. The van der Waals surface area contributed by atoms with E-state index in [1.807, 2.05) is 24.8 Å². The van der Waals surface area contributed by atoms with Crippen LogP contribution in [-0.4, -0.2) is 48.1 Å². The number of likely N-dealkylation sites (tertiary alicyclic amines) is 1. The van der Waals surface area contributed by atoms with Crippen molar-refractivity contribution in [3.05, 3.63) is 17.5 Å². The van der Waals surface area contributed by atoms with Crippen molar-refractivity contribution in [3.8, 4) is 0 Å². The van der Waals surface area contributed by atoms with Crippen LogP contribution >= 0.6 is 0 Å². The zero-order valence-electron chi connectivity index (χ0n) is 16.7. The summed E-state index contributed by atoms with van der Waals surface area (Å²) >= 11 is 0. The second kappa shape index (κ2) is 9.59. The van der Waals surface area contributed by atoms with Crippen LogP contribution < -0.4 is 10.6 Å². The van der Waals surface area contributed by atoms with E-state index in [1.165, 1.54) is 0 Å². The van der Waals surface area contributed by atoms with Crippen molar-refractivity contribution in [1.29, 1.82) is 0 Å². The van der Waals surface area contributed by atoms with Gasteiger partial charge in [-0.2, -0.15) is 0 Å². The summed E-state index contributed by atoms with van der Waals surface area (Å²) in [4.78, 5) is 18.3. The van der Waals surface area contributed by atoms with Gasteiger partial charge < -0.3 is 20.1 Å². The van der Waals surface area contributed by atoms with E-state index in [0.717, 1.165) is 43.8 Å². The van der Waals surface area contributed by atoms with E-state index in [1.54, 1.807) is 7.05 Å². The quantitative estimate of drug-likeness (QED) is 0.574. The summed E-state index contributed by atoms with van der Waals surface area (Å²) < 4.78 is 5.44. The van der Waals surface area contributed by atoms with Crippen LogP contribution in [0.2, 0.25) is 0 Å². The molecule has 1 aliphatic heterocycles. The van der Waals surface area contributed by atoms with Gasteiger partial charge in [-0.1, -0.05) is 32.9 Å². The maximum absolute atomic E-state index is 12.1. The monoisotopic (exact) mass is 363 g/mol. The van der Waals surface area contributed by atoms with E-state index in [-0.39, 0.29) is 17.9 Å². The highest BCUT2D eigenvalue weighted by Gasteiger charge is 2.28. The van der Waals surface area contributed by atoms with Crippen molar-refractivity contribution in [1.82, 2.24) is 20.7 Å². The largest absolute Gasteiger partial charge is 0.359 e. The van der Waals surface area contributed by atoms with E-state index < -0.39 is 0 Å². The number of rotatable bonds is 7. The van der Waals surface area contributed by atoms with E-state index in [4.69, 9.17) is 4.52 Å². The number of hydrogen-bond acceptors (Lipinski definition) is 4. The Hall–Kier alpha value is -2.05. The molecule has 1 saturated heterocycles. The number of aliphatic imine (C=N–C) groups is 1. The van der Waals surface area contributed by atoms with E-state index in [2.05, 4.69) is 34.6 Å². The molecule has 1 fully saturated rings. The molecule has 0 aromatic carbocycles. The number of guanidine groups is 1. The summed E-state index contributed by atoms with van der Waals surface area (Å²) in [6, 6.07) is 2.25. The maximum atomic E-state index is 12.1. The summed E-state index contributed by atoms with van der Waals surface area (Å²) in [6.07, 6.45) is 3.05. The van der Waals surface area contributed by atoms with Crippen LogP contribution in [0.25, 0.3) is 0 Å². The van der Waals surface area contributed by atoms with Gasteiger partial charge in [-0.25, -0.2) is 0 Å². The average molecular weight is 364 g/mol. The van der Waals surface area contributed by atoms with Crippen molar-refractivity contribution in [2.24, 2.45) is 10.9 Å². The first kappa shape index (κ1) is 20.3. The smallest absolute Gasteiger partial charge is 0.225 e. The number of hydrogen-bond donors (Lipinski definition) is 2. The number of nitrogens with one attached hydrogen (secondary N) is 2. The Bertz CT molecular complexity index is 607. The molecule has 146 valence electrons. The average Bonchev–Trinajstić information content (AvgIpc) is 3.28. The predicted octanol–water partition coefficient (Wildman–Crippen LogP) is 2.50. The van der Waals surface area contributed by atoms with Crippen molar-refractivity contribution >= 4 is 11.9 Å². The Morgan fingerprint density at radius 3 is 2.77 bits per heavy atom. The molecule has 0 saturated carbocycles. The molecule has 1 atom stereocenters. The normalized spacial score (nSPS) is 18.0.